The van der Waals surface area contributed by atoms with Gasteiger partial charge in [0.25, 0.3) is 0 Å². The van der Waals surface area contributed by atoms with Gasteiger partial charge in [-0.25, -0.2) is 4.98 Å². The Hall–Kier alpha value is -3.81. The van der Waals surface area contributed by atoms with Crippen LogP contribution in [0.15, 0.2) is 48.5 Å². The molecule has 2 aromatic carbocycles. The number of hydrogen-bond acceptors (Lipinski definition) is 7. The van der Waals surface area contributed by atoms with Gasteiger partial charge in [0.05, 0.1) is 0 Å². The number of amides is 1. The van der Waals surface area contributed by atoms with Gasteiger partial charge in [-0.05, 0) is 37.3 Å². The molecule has 0 spiro atoms. The van der Waals surface area contributed by atoms with Crippen molar-refractivity contribution in [1.29, 1.82) is 0 Å². The summed E-state index contributed by atoms with van der Waals surface area (Å²) in [5, 5.41) is 9.22. The Balaban J connectivity index is 1.53. The fraction of sp³-hybridized carbons (Fsp3) is 0.190. The van der Waals surface area contributed by atoms with Gasteiger partial charge in [-0.1, -0.05) is 6.07 Å². The van der Waals surface area contributed by atoms with Crippen LogP contribution in [0.1, 0.15) is 12.6 Å². The van der Waals surface area contributed by atoms with E-state index in [0.717, 1.165) is 22.8 Å². The molecule has 1 aliphatic heterocycles. The summed E-state index contributed by atoms with van der Waals surface area (Å²) in [6.45, 7) is 4.46. The largest absolute Gasteiger partial charge is 0.486 e. The van der Waals surface area contributed by atoms with Crippen LogP contribution in [-0.4, -0.2) is 29.1 Å². The molecular formula is C21H21N5O3. The van der Waals surface area contributed by atoms with E-state index in [-0.39, 0.29) is 5.91 Å². The fourth-order valence-electron chi connectivity index (χ4n) is 2.96. The average molecular weight is 391 g/mol. The van der Waals surface area contributed by atoms with E-state index in [0.29, 0.717) is 36.4 Å². The van der Waals surface area contributed by atoms with Gasteiger partial charge in [-0.3, -0.25) is 4.79 Å². The quantitative estimate of drug-likeness (QED) is 0.605. The van der Waals surface area contributed by atoms with E-state index < -0.39 is 0 Å². The van der Waals surface area contributed by atoms with Crippen LogP contribution >= 0.6 is 0 Å². The number of anilines is 5. The number of nitrogens with zero attached hydrogens (tertiary/aromatic N) is 2. The van der Waals surface area contributed by atoms with E-state index in [4.69, 9.17) is 9.47 Å². The Bertz CT molecular complexity index is 1050. The number of ether oxygens (including phenoxy) is 2. The zero-order valence-electron chi connectivity index (χ0n) is 16.2. The van der Waals surface area contributed by atoms with Crippen LogP contribution in [0.4, 0.5) is 28.8 Å². The molecular weight excluding hydrogens is 370 g/mol. The maximum atomic E-state index is 11.3. The molecule has 2 heterocycles. The molecule has 1 aliphatic rings. The highest BCUT2D eigenvalue weighted by molar-refractivity contribution is 5.89. The average Bonchev–Trinajstić information content (AvgIpc) is 2.67. The lowest BCUT2D eigenvalue weighted by atomic mass is 10.2. The van der Waals surface area contributed by atoms with Crippen LogP contribution in [-0.2, 0) is 4.79 Å². The summed E-state index contributed by atoms with van der Waals surface area (Å²) in [4.78, 5) is 20.2. The molecule has 0 aliphatic carbocycles. The fourth-order valence-corrected chi connectivity index (χ4v) is 2.96. The second kappa shape index (κ2) is 8.05. The molecule has 8 nitrogen and oxygen atoms in total. The SMILES string of the molecule is CC(=O)Nc1cccc(Nc2cc(C)nc(Nc3ccc4c(c3)OCCO4)n2)c1. The van der Waals surface area contributed by atoms with Crippen molar-refractivity contribution in [2.24, 2.45) is 0 Å². The van der Waals surface area contributed by atoms with Crippen molar-refractivity contribution in [3.05, 3.63) is 54.2 Å². The number of carbonyl (C=O) groups is 1. The number of rotatable bonds is 5. The molecule has 29 heavy (non-hydrogen) atoms. The Labute approximate surface area is 168 Å². The van der Waals surface area contributed by atoms with Crippen LogP contribution in [0.3, 0.4) is 0 Å². The number of carbonyl (C=O) groups excluding carboxylic acids is 1. The maximum absolute atomic E-state index is 11.3. The van der Waals surface area contributed by atoms with Crippen molar-refractivity contribution in [3.8, 4) is 11.5 Å². The number of benzene rings is 2. The van der Waals surface area contributed by atoms with Gasteiger partial charge in [0.1, 0.15) is 19.0 Å². The van der Waals surface area contributed by atoms with Gasteiger partial charge in [-0.2, -0.15) is 4.98 Å². The number of aromatic nitrogens is 2. The number of hydrogen-bond donors (Lipinski definition) is 3. The Morgan fingerprint density at radius 1 is 0.897 bits per heavy atom. The van der Waals surface area contributed by atoms with Gasteiger partial charge in [-0.15, -0.1) is 0 Å². The topological polar surface area (TPSA) is 97.4 Å². The molecule has 0 bridgehead atoms. The van der Waals surface area contributed by atoms with Crippen molar-refractivity contribution in [3.63, 3.8) is 0 Å². The molecule has 0 fully saturated rings. The summed E-state index contributed by atoms with van der Waals surface area (Å²) in [6, 6.07) is 14.9. The van der Waals surface area contributed by atoms with Crippen LogP contribution in [0.25, 0.3) is 0 Å². The second-order valence-electron chi connectivity index (χ2n) is 6.59. The Morgan fingerprint density at radius 3 is 2.48 bits per heavy atom. The first kappa shape index (κ1) is 18.5. The highest BCUT2D eigenvalue weighted by Crippen LogP contribution is 2.33. The highest BCUT2D eigenvalue weighted by Gasteiger charge is 2.12. The zero-order chi connectivity index (χ0) is 20.2. The van der Waals surface area contributed by atoms with Gasteiger partial charge >= 0.3 is 0 Å². The molecule has 148 valence electrons. The summed E-state index contributed by atoms with van der Waals surface area (Å²) in [5.41, 5.74) is 3.13. The third-order valence-electron chi connectivity index (χ3n) is 4.11. The van der Waals surface area contributed by atoms with E-state index >= 15 is 0 Å². The van der Waals surface area contributed by atoms with Crippen molar-refractivity contribution in [2.75, 3.05) is 29.2 Å². The third-order valence-corrected chi connectivity index (χ3v) is 4.11. The minimum absolute atomic E-state index is 0.119. The number of nitrogens with one attached hydrogen (secondary N) is 3. The van der Waals surface area contributed by atoms with Crippen LogP contribution in [0.5, 0.6) is 11.5 Å². The Morgan fingerprint density at radius 2 is 1.66 bits per heavy atom. The zero-order valence-corrected chi connectivity index (χ0v) is 16.2. The molecule has 1 amide bonds. The molecule has 8 heteroatoms. The second-order valence-corrected chi connectivity index (χ2v) is 6.59. The first-order valence-electron chi connectivity index (χ1n) is 9.22. The van der Waals surface area contributed by atoms with Crippen molar-refractivity contribution in [2.45, 2.75) is 13.8 Å². The molecule has 0 saturated heterocycles. The van der Waals surface area contributed by atoms with E-state index in [1.165, 1.54) is 6.92 Å². The molecule has 0 atom stereocenters. The number of aryl methyl sites for hydroxylation is 1. The lowest BCUT2D eigenvalue weighted by Crippen LogP contribution is -2.15. The summed E-state index contributed by atoms with van der Waals surface area (Å²) in [6.07, 6.45) is 0. The van der Waals surface area contributed by atoms with E-state index in [2.05, 4.69) is 25.9 Å². The molecule has 0 radical (unpaired) electrons. The van der Waals surface area contributed by atoms with E-state index in [1.54, 1.807) is 0 Å². The monoisotopic (exact) mass is 391 g/mol. The van der Waals surface area contributed by atoms with Gasteiger partial charge < -0.3 is 25.4 Å². The number of fused-ring (bicyclic) bond motifs is 1. The van der Waals surface area contributed by atoms with Gasteiger partial charge in [0.15, 0.2) is 11.5 Å². The van der Waals surface area contributed by atoms with Crippen LogP contribution in [0, 0.1) is 6.92 Å². The first-order chi connectivity index (χ1) is 14.0. The summed E-state index contributed by atoms with van der Waals surface area (Å²) in [7, 11) is 0. The molecule has 3 N–H and O–H groups in total. The van der Waals surface area contributed by atoms with Crippen molar-refractivity contribution in [1.82, 2.24) is 9.97 Å². The third kappa shape index (κ3) is 4.73. The molecule has 0 saturated carbocycles. The Kier molecular flexibility index (Phi) is 5.15. The first-order valence-corrected chi connectivity index (χ1v) is 9.22. The van der Waals surface area contributed by atoms with Gasteiger partial charge in [0.2, 0.25) is 11.9 Å². The normalized spacial score (nSPS) is 12.2. The minimum atomic E-state index is -0.119. The molecule has 1 aromatic heterocycles. The molecule has 3 aromatic rings. The minimum Gasteiger partial charge on any atom is -0.486 e. The predicted octanol–water partition coefficient (Wildman–Crippen LogP) is 4.00. The maximum Gasteiger partial charge on any atom is 0.229 e. The lowest BCUT2D eigenvalue weighted by molar-refractivity contribution is -0.114. The lowest BCUT2D eigenvalue weighted by Gasteiger charge is -2.19. The van der Waals surface area contributed by atoms with Gasteiger partial charge in [0, 0.05) is 41.8 Å². The van der Waals surface area contributed by atoms with Crippen LogP contribution in [0.2, 0.25) is 0 Å². The molecule has 0 unspecified atom stereocenters. The smallest absolute Gasteiger partial charge is 0.229 e. The predicted molar refractivity (Wildman–Crippen MR) is 112 cm³/mol. The van der Waals surface area contributed by atoms with Crippen LogP contribution < -0.4 is 25.4 Å². The highest BCUT2D eigenvalue weighted by atomic mass is 16.6. The van der Waals surface area contributed by atoms with Crippen molar-refractivity contribution >= 4 is 34.7 Å². The summed E-state index contributed by atoms with van der Waals surface area (Å²) in [5.74, 6) is 2.40. The molecule has 4 rings (SSSR count). The summed E-state index contributed by atoms with van der Waals surface area (Å²) >= 11 is 0. The van der Waals surface area contributed by atoms with Crippen molar-refractivity contribution < 1.29 is 14.3 Å². The summed E-state index contributed by atoms with van der Waals surface area (Å²) < 4.78 is 11.2. The van der Waals surface area contributed by atoms with E-state index in [9.17, 15) is 4.79 Å². The standard InChI is InChI=1S/C21H21N5O3/c1-13-10-20(24-16-5-3-4-15(11-16)23-14(2)27)26-21(22-13)25-17-6-7-18-19(12-17)29-9-8-28-18/h3-7,10-12H,8-9H2,1-2H3,(H,23,27)(H2,22,24,25,26). The van der Waals surface area contributed by atoms with E-state index in [1.807, 2.05) is 55.5 Å².